The molecular weight excluding hydrogens is 459 g/mol. The zero-order valence-corrected chi connectivity index (χ0v) is 19.3. The number of halogens is 1. The van der Waals surface area contributed by atoms with Gasteiger partial charge in [0.25, 0.3) is 0 Å². The molecule has 0 atom stereocenters. The van der Waals surface area contributed by atoms with E-state index in [4.69, 9.17) is 4.99 Å². The second kappa shape index (κ2) is 10.8. The Bertz CT molecular complexity index is 699. The summed E-state index contributed by atoms with van der Waals surface area (Å²) in [4.78, 5) is 4.71. The molecule has 0 saturated carbocycles. The molecule has 1 aromatic carbocycles. The number of benzene rings is 1. The Morgan fingerprint density at radius 3 is 2.46 bits per heavy atom. The van der Waals surface area contributed by atoms with E-state index in [2.05, 4.69) is 53.1 Å². The lowest BCUT2D eigenvalue weighted by Crippen LogP contribution is -2.43. The first-order chi connectivity index (χ1) is 11.9. The Hall–Kier alpha value is -1.29. The predicted molar refractivity (Wildman–Crippen MR) is 121 cm³/mol. The predicted octanol–water partition coefficient (Wildman–Crippen LogP) is 3.12. The molecule has 0 aliphatic rings. The van der Waals surface area contributed by atoms with Gasteiger partial charge in [-0.1, -0.05) is 30.3 Å². The molecule has 0 aliphatic carbocycles. The van der Waals surface area contributed by atoms with E-state index in [0.717, 1.165) is 24.2 Å². The molecule has 0 bridgehead atoms. The minimum atomic E-state index is 0. The van der Waals surface area contributed by atoms with Gasteiger partial charge in [-0.2, -0.15) is 11.8 Å². The smallest absolute Gasteiger partial charge is 0.192 e. The SMILES string of the molecule is CSC(C)(C)CNC(=NCc1ccccc1)NCc1nnc(C)n1C.I. The van der Waals surface area contributed by atoms with Gasteiger partial charge in [0.05, 0.1) is 13.1 Å². The van der Waals surface area contributed by atoms with Crippen molar-refractivity contribution in [2.45, 2.75) is 38.6 Å². The molecule has 26 heavy (non-hydrogen) atoms. The van der Waals surface area contributed by atoms with Gasteiger partial charge in [0, 0.05) is 18.3 Å². The summed E-state index contributed by atoms with van der Waals surface area (Å²) in [6.07, 6.45) is 2.12. The Kier molecular flexibility index (Phi) is 9.42. The summed E-state index contributed by atoms with van der Waals surface area (Å²) < 4.78 is 2.12. The molecule has 1 heterocycles. The highest BCUT2D eigenvalue weighted by molar-refractivity contribution is 14.0. The van der Waals surface area contributed by atoms with Crippen molar-refractivity contribution in [2.24, 2.45) is 12.0 Å². The standard InChI is InChI=1S/C18H28N6S.HI/c1-14-22-23-16(24(14)4)12-20-17(21-13-18(2,3)25-5)19-11-15-9-7-6-8-10-15;/h6-10H,11-13H2,1-5H3,(H2,19,20,21);1H. The van der Waals surface area contributed by atoms with Crippen LogP contribution in [0.3, 0.4) is 0 Å². The second-order valence-corrected chi connectivity index (χ2v) is 8.06. The van der Waals surface area contributed by atoms with Gasteiger partial charge in [-0.25, -0.2) is 4.99 Å². The molecule has 2 aromatic rings. The summed E-state index contributed by atoms with van der Waals surface area (Å²) in [5.41, 5.74) is 1.18. The van der Waals surface area contributed by atoms with Crippen LogP contribution in [0.4, 0.5) is 0 Å². The normalized spacial score (nSPS) is 11.8. The van der Waals surface area contributed by atoms with Gasteiger partial charge in [0.2, 0.25) is 0 Å². The summed E-state index contributed by atoms with van der Waals surface area (Å²) in [6.45, 7) is 8.41. The Balaban J connectivity index is 0.00000338. The van der Waals surface area contributed by atoms with Crippen LogP contribution in [0, 0.1) is 6.92 Å². The van der Waals surface area contributed by atoms with Gasteiger partial charge in [0.15, 0.2) is 11.8 Å². The molecule has 0 unspecified atom stereocenters. The van der Waals surface area contributed by atoms with Gasteiger partial charge in [-0.15, -0.1) is 34.2 Å². The number of aliphatic imine (C=N–C) groups is 1. The third-order valence-electron chi connectivity index (χ3n) is 4.09. The molecule has 0 amide bonds. The third-order valence-corrected chi connectivity index (χ3v) is 5.34. The number of aryl methyl sites for hydroxylation is 1. The van der Waals surface area contributed by atoms with Gasteiger partial charge in [-0.3, -0.25) is 0 Å². The van der Waals surface area contributed by atoms with Gasteiger partial charge < -0.3 is 15.2 Å². The molecule has 8 heteroatoms. The maximum atomic E-state index is 4.71. The second-order valence-electron chi connectivity index (χ2n) is 6.54. The van der Waals surface area contributed by atoms with E-state index in [0.29, 0.717) is 13.1 Å². The zero-order chi connectivity index (χ0) is 18.3. The Labute approximate surface area is 177 Å². The first-order valence-electron chi connectivity index (χ1n) is 8.37. The average Bonchev–Trinajstić information content (AvgIpc) is 2.94. The van der Waals surface area contributed by atoms with Crippen molar-refractivity contribution in [3.8, 4) is 0 Å². The van der Waals surface area contributed by atoms with Crippen LogP contribution in [0.1, 0.15) is 31.1 Å². The monoisotopic (exact) mass is 488 g/mol. The highest BCUT2D eigenvalue weighted by atomic mass is 127. The fraction of sp³-hybridized carbons (Fsp3) is 0.500. The minimum absolute atomic E-state index is 0. The number of hydrogen-bond acceptors (Lipinski definition) is 4. The van der Waals surface area contributed by atoms with E-state index in [9.17, 15) is 0 Å². The van der Waals surface area contributed by atoms with Crippen LogP contribution in [-0.4, -0.2) is 38.3 Å². The lowest BCUT2D eigenvalue weighted by atomic mass is 10.2. The number of hydrogen-bond donors (Lipinski definition) is 2. The molecule has 144 valence electrons. The largest absolute Gasteiger partial charge is 0.355 e. The lowest BCUT2D eigenvalue weighted by Gasteiger charge is -2.24. The Morgan fingerprint density at radius 1 is 1.19 bits per heavy atom. The van der Waals surface area contributed by atoms with E-state index in [-0.39, 0.29) is 28.7 Å². The van der Waals surface area contributed by atoms with Crippen molar-refractivity contribution in [1.82, 2.24) is 25.4 Å². The topological polar surface area (TPSA) is 67.1 Å². The number of nitrogens with zero attached hydrogens (tertiary/aromatic N) is 4. The van der Waals surface area contributed by atoms with Crippen molar-refractivity contribution in [3.63, 3.8) is 0 Å². The molecule has 6 nitrogen and oxygen atoms in total. The minimum Gasteiger partial charge on any atom is -0.355 e. The number of thioether (sulfide) groups is 1. The fourth-order valence-corrected chi connectivity index (χ4v) is 2.28. The zero-order valence-electron chi connectivity index (χ0n) is 16.1. The van der Waals surface area contributed by atoms with Crippen LogP contribution in [0.15, 0.2) is 35.3 Å². The molecule has 0 fully saturated rings. The molecule has 2 rings (SSSR count). The fourth-order valence-electron chi connectivity index (χ4n) is 2.06. The molecular formula is C18H29IN6S. The molecule has 0 radical (unpaired) electrons. The maximum Gasteiger partial charge on any atom is 0.192 e. The first kappa shape index (κ1) is 22.8. The van der Waals surface area contributed by atoms with Crippen LogP contribution in [0.2, 0.25) is 0 Å². The first-order valence-corrected chi connectivity index (χ1v) is 9.60. The quantitative estimate of drug-likeness (QED) is 0.356. The Morgan fingerprint density at radius 2 is 1.88 bits per heavy atom. The van der Waals surface area contributed by atoms with E-state index in [1.807, 2.05) is 48.5 Å². The van der Waals surface area contributed by atoms with Crippen LogP contribution in [0.5, 0.6) is 0 Å². The van der Waals surface area contributed by atoms with E-state index in [1.165, 1.54) is 5.56 Å². The summed E-state index contributed by atoms with van der Waals surface area (Å²) in [5, 5.41) is 15.1. The van der Waals surface area contributed by atoms with Gasteiger partial charge in [0.1, 0.15) is 5.82 Å². The number of rotatable bonds is 7. The summed E-state index contributed by atoms with van der Waals surface area (Å²) in [6, 6.07) is 10.2. The number of aromatic nitrogens is 3. The average molecular weight is 488 g/mol. The maximum absolute atomic E-state index is 4.71. The van der Waals surface area contributed by atoms with E-state index in [1.54, 1.807) is 0 Å². The summed E-state index contributed by atoms with van der Waals surface area (Å²) >= 11 is 1.83. The van der Waals surface area contributed by atoms with Gasteiger partial charge >= 0.3 is 0 Å². The highest BCUT2D eigenvalue weighted by Gasteiger charge is 2.16. The highest BCUT2D eigenvalue weighted by Crippen LogP contribution is 2.19. The van der Waals surface area contributed by atoms with Crippen LogP contribution >= 0.6 is 35.7 Å². The van der Waals surface area contributed by atoms with Crippen LogP contribution in [0.25, 0.3) is 0 Å². The van der Waals surface area contributed by atoms with Crippen molar-refractivity contribution < 1.29 is 0 Å². The van der Waals surface area contributed by atoms with Crippen LogP contribution < -0.4 is 10.6 Å². The van der Waals surface area contributed by atoms with Crippen LogP contribution in [-0.2, 0) is 20.1 Å². The lowest BCUT2D eigenvalue weighted by molar-refractivity contribution is 0.653. The molecule has 1 aromatic heterocycles. The molecule has 0 saturated heterocycles. The summed E-state index contributed by atoms with van der Waals surface area (Å²) in [7, 11) is 1.97. The molecule has 0 aliphatic heterocycles. The molecule has 2 N–H and O–H groups in total. The van der Waals surface area contributed by atoms with E-state index >= 15 is 0 Å². The van der Waals surface area contributed by atoms with Crippen molar-refractivity contribution in [3.05, 3.63) is 47.5 Å². The van der Waals surface area contributed by atoms with Crippen molar-refractivity contribution in [1.29, 1.82) is 0 Å². The molecule has 0 spiro atoms. The number of nitrogens with one attached hydrogen (secondary N) is 2. The van der Waals surface area contributed by atoms with Crippen molar-refractivity contribution in [2.75, 3.05) is 12.8 Å². The van der Waals surface area contributed by atoms with Crippen molar-refractivity contribution >= 4 is 41.7 Å². The third kappa shape index (κ3) is 7.14. The summed E-state index contributed by atoms with van der Waals surface area (Å²) in [5.74, 6) is 2.57. The van der Waals surface area contributed by atoms with E-state index < -0.39 is 0 Å². The number of guanidine groups is 1. The van der Waals surface area contributed by atoms with Gasteiger partial charge in [-0.05, 0) is 32.6 Å².